The molecule has 118 valence electrons. The van der Waals surface area contributed by atoms with Crippen molar-refractivity contribution in [1.29, 1.82) is 0 Å². The topological polar surface area (TPSA) is 42.7 Å². The minimum Gasteiger partial charge on any atom is -0.313 e. The zero-order valence-corrected chi connectivity index (χ0v) is 14.3. The lowest BCUT2D eigenvalue weighted by Crippen LogP contribution is -2.36. The van der Waals surface area contributed by atoms with Gasteiger partial charge in [-0.15, -0.1) is 10.2 Å². The van der Waals surface area contributed by atoms with Crippen LogP contribution in [0.3, 0.4) is 0 Å². The smallest absolute Gasteiger partial charge is 0.191 e. The van der Waals surface area contributed by atoms with Crippen molar-refractivity contribution in [2.45, 2.75) is 76.0 Å². The lowest BCUT2D eigenvalue weighted by atomic mass is 10.0. The second-order valence-electron chi connectivity index (χ2n) is 6.58. The van der Waals surface area contributed by atoms with Gasteiger partial charge in [-0.3, -0.25) is 0 Å². The Labute approximate surface area is 132 Å². The van der Waals surface area contributed by atoms with Gasteiger partial charge in [0.25, 0.3) is 0 Å². The van der Waals surface area contributed by atoms with Crippen LogP contribution in [0.15, 0.2) is 5.16 Å². The summed E-state index contributed by atoms with van der Waals surface area (Å²) in [6.07, 6.45) is 6.46. The molecular formula is C16H28N4S. The van der Waals surface area contributed by atoms with Crippen LogP contribution in [0, 0.1) is 5.92 Å². The number of nitrogens with one attached hydrogen (secondary N) is 1. The number of aromatic nitrogens is 3. The monoisotopic (exact) mass is 308 g/mol. The van der Waals surface area contributed by atoms with E-state index in [4.69, 9.17) is 0 Å². The Morgan fingerprint density at radius 1 is 1.24 bits per heavy atom. The normalized spacial score (nSPS) is 21.5. The summed E-state index contributed by atoms with van der Waals surface area (Å²) >= 11 is 1.90. The highest BCUT2D eigenvalue weighted by atomic mass is 32.2. The summed E-state index contributed by atoms with van der Waals surface area (Å²) in [6.45, 7) is 7.85. The minimum atomic E-state index is 0.568. The Kier molecular flexibility index (Phi) is 4.89. The number of rotatable bonds is 9. The average Bonchev–Trinajstić information content (AvgIpc) is 3.41. The SMILES string of the molecule is CCNC(CSc1nnc(C2CC2)n1C1CC1)C(C)CC. The molecule has 0 aromatic carbocycles. The standard InChI is InChI=1S/C16H28N4S/c1-4-11(3)14(17-5-2)10-21-16-19-18-15(12-6-7-12)20(16)13-8-9-13/h11-14,17H,4-10H2,1-3H3. The van der Waals surface area contributed by atoms with E-state index in [0.29, 0.717) is 23.9 Å². The first-order valence-electron chi connectivity index (χ1n) is 8.55. The number of nitrogens with zero attached hydrogens (tertiary/aromatic N) is 3. The van der Waals surface area contributed by atoms with Crippen LogP contribution in [0.25, 0.3) is 0 Å². The fourth-order valence-electron chi connectivity index (χ4n) is 2.82. The van der Waals surface area contributed by atoms with Crippen LogP contribution in [-0.2, 0) is 0 Å². The Balaban J connectivity index is 1.66. The number of hydrogen-bond donors (Lipinski definition) is 1. The van der Waals surface area contributed by atoms with Crippen molar-refractivity contribution in [3.05, 3.63) is 5.82 Å². The van der Waals surface area contributed by atoms with E-state index in [0.717, 1.165) is 17.5 Å². The van der Waals surface area contributed by atoms with Gasteiger partial charge in [0.05, 0.1) is 0 Å². The zero-order chi connectivity index (χ0) is 14.8. The molecule has 0 bridgehead atoms. The highest BCUT2D eigenvalue weighted by Gasteiger charge is 2.36. The molecule has 1 N–H and O–H groups in total. The van der Waals surface area contributed by atoms with Gasteiger partial charge in [0.15, 0.2) is 5.16 Å². The highest BCUT2D eigenvalue weighted by molar-refractivity contribution is 7.99. The van der Waals surface area contributed by atoms with Crippen LogP contribution in [0.2, 0.25) is 0 Å². The van der Waals surface area contributed by atoms with Crippen LogP contribution in [0.1, 0.15) is 70.7 Å². The first kappa shape index (κ1) is 15.3. The largest absolute Gasteiger partial charge is 0.313 e. The molecule has 2 saturated carbocycles. The molecule has 1 heterocycles. The van der Waals surface area contributed by atoms with Crippen LogP contribution in [-0.4, -0.2) is 33.1 Å². The van der Waals surface area contributed by atoms with Crippen molar-refractivity contribution in [3.63, 3.8) is 0 Å². The summed E-state index contributed by atoms with van der Waals surface area (Å²) in [5.74, 6) is 3.77. The van der Waals surface area contributed by atoms with E-state index >= 15 is 0 Å². The Hall–Kier alpha value is -0.550. The molecule has 4 nitrogen and oxygen atoms in total. The van der Waals surface area contributed by atoms with Gasteiger partial charge >= 0.3 is 0 Å². The van der Waals surface area contributed by atoms with Gasteiger partial charge in [-0.05, 0) is 38.1 Å². The van der Waals surface area contributed by atoms with Crippen molar-refractivity contribution >= 4 is 11.8 Å². The van der Waals surface area contributed by atoms with Crippen LogP contribution in [0.5, 0.6) is 0 Å². The Morgan fingerprint density at radius 2 is 2.00 bits per heavy atom. The molecule has 0 aliphatic heterocycles. The van der Waals surface area contributed by atoms with E-state index in [1.165, 1.54) is 37.9 Å². The zero-order valence-electron chi connectivity index (χ0n) is 13.5. The fourth-order valence-corrected chi connectivity index (χ4v) is 4.07. The predicted molar refractivity (Wildman–Crippen MR) is 87.9 cm³/mol. The molecule has 2 aliphatic rings. The van der Waals surface area contributed by atoms with Crippen molar-refractivity contribution < 1.29 is 0 Å². The molecule has 1 aromatic heterocycles. The van der Waals surface area contributed by atoms with Gasteiger partial charge < -0.3 is 9.88 Å². The third kappa shape index (κ3) is 3.62. The average molecular weight is 308 g/mol. The van der Waals surface area contributed by atoms with E-state index in [9.17, 15) is 0 Å². The third-order valence-corrected chi connectivity index (χ3v) is 5.80. The quantitative estimate of drug-likeness (QED) is 0.708. The molecule has 1 aromatic rings. The lowest BCUT2D eigenvalue weighted by molar-refractivity contribution is 0.403. The van der Waals surface area contributed by atoms with Gasteiger partial charge in [0.1, 0.15) is 5.82 Å². The second kappa shape index (κ2) is 6.69. The molecule has 5 heteroatoms. The van der Waals surface area contributed by atoms with Crippen LogP contribution < -0.4 is 5.32 Å². The van der Waals surface area contributed by atoms with Crippen molar-refractivity contribution in [2.75, 3.05) is 12.3 Å². The van der Waals surface area contributed by atoms with Crippen molar-refractivity contribution in [1.82, 2.24) is 20.1 Å². The summed E-state index contributed by atoms with van der Waals surface area (Å²) < 4.78 is 2.46. The molecule has 2 aliphatic carbocycles. The van der Waals surface area contributed by atoms with Gasteiger partial charge in [-0.2, -0.15) is 0 Å². The maximum atomic E-state index is 4.50. The summed E-state index contributed by atoms with van der Waals surface area (Å²) in [4.78, 5) is 0. The Morgan fingerprint density at radius 3 is 2.57 bits per heavy atom. The molecule has 0 saturated heterocycles. The minimum absolute atomic E-state index is 0.568. The first-order chi connectivity index (χ1) is 10.2. The van der Waals surface area contributed by atoms with Crippen LogP contribution >= 0.6 is 11.8 Å². The van der Waals surface area contributed by atoms with Gasteiger partial charge in [0.2, 0.25) is 0 Å². The molecule has 2 fully saturated rings. The van der Waals surface area contributed by atoms with Crippen molar-refractivity contribution in [3.8, 4) is 0 Å². The van der Waals surface area contributed by atoms with Crippen molar-refractivity contribution in [2.24, 2.45) is 5.92 Å². The maximum absolute atomic E-state index is 4.50. The molecule has 2 unspecified atom stereocenters. The molecule has 2 atom stereocenters. The molecule has 3 rings (SSSR count). The van der Waals surface area contributed by atoms with Gasteiger partial charge in [0, 0.05) is 23.8 Å². The molecule has 0 radical (unpaired) electrons. The van der Waals surface area contributed by atoms with E-state index in [1.54, 1.807) is 0 Å². The molecule has 21 heavy (non-hydrogen) atoms. The third-order valence-electron chi connectivity index (χ3n) is 4.73. The van der Waals surface area contributed by atoms with E-state index in [1.807, 2.05) is 11.8 Å². The van der Waals surface area contributed by atoms with E-state index in [-0.39, 0.29) is 0 Å². The Bertz CT molecular complexity index is 465. The highest BCUT2D eigenvalue weighted by Crippen LogP contribution is 2.46. The fraction of sp³-hybridized carbons (Fsp3) is 0.875. The van der Waals surface area contributed by atoms with Gasteiger partial charge in [-0.1, -0.05) is 39.0 Å². The number of thioether (sulfide) groups is 1. The van der Waals surface area contributed by atoms with Crippen LogP contribution in [0.4, 0.5) is 0 Å². The number of hydrogen-bond acceptors (Lipinski definition) is 4. The van der Waals surface area contributed by atoms with E-state index < -0.39 is 0 Å². The summed E-state index contributed by atoms with van der Waals surface area (Å²) in [5.41, 5.74) is 0. The van der Waals surface area contributed by atoms with Gasteiger partial charge in [-0.25, -0.2) is 0 Å². The lowest BCUT2D eigenvalue weighted by Gasteiger charge is -2.23. The summed E-state index contributed by atoms with van der Waals surface area (Å²) in [7, 11) is 0. The molecule has 0 spiro atoms. The summed E-state index contributed by atoms with van der Waals surface area (Å²) in [5, 5.41) is 13.8. The molecule has 0 amide bonds. The second-order valence-corrected chi connectivity index (χ2v) is 7.56. The first-order valence-corrected chi connectivity index (χ1v) is 9.54. The maximum Gasteiger partial charge on any atom is 0.191 e. The summed E-state index contributed by atoms with van der Waals surface area (Å²) in [6, 6.07) is 1.26. The molecular weight excluding hydrogens is 280 g/mol. The van der Waals surface area contributed by atoms with E-state index in [2.05, 4.69) is 40.9 Å². The predicted octanol–water partition coefficient (Wildman–Crippen LogP) is 3.61.